The number of alkyl halides is 3. The number of benzene rings is 1. The molecule has 1 N–H and O–H groups in total. The van der Waals surface area contributed by atoms with Gasteiger partial charge in [-0.05, 0) is 32.0 Å². The van der Waals surface area contributed by atoms with E-state index in [1.54, 1.807) is 19.2 Å². The second kappa shape index (κ2) is 5.27. The Balaban J connectivity index is 2.33. The number of nitrogens with zero attached hydrogens (tertiary/aromatic N) is 1. The molecule has 1 aromatic carbocycles. The van der Waals surface area contributed by atoms with Crippen LogP contribution in [0.5, 0.6) is 5.75 Å². The third-order valence-corrected chi connectivity index (χ3v) is 2.87. The summed E-state index contributed by atoms with van der Waals surface area (Å²) in [5.74, 6) is -1.98. The number of carbonyl (C=O) groups excluding carboxylic acids is 2. The molecule has 0 saturated carbocycles. The quantitative estimate of drug-likeness (QED) is 0.912. The maximum atomic E-state index is 12.2. The molecule has 0 aromatic heterocycles. The Bertz CT molecular complexity index is 585. The summed E-state index contributed by atoms with van der Waals surface area (Å²) in [5, 5.41) is 1.75. The summed E-state index contributed by atoms with van der Waals surface area (Å²) in [7, 11) is 0. The van der Waals surface area contributed by atoms with Crippen LogP contribution >= 0.6 is 0 Å². The van der Waals surface area contributed by atoms with Crippen molar-refractivity contribution in [3.05, 3.63) is 18.2 Å². The first-order valence-electron chi connectivity index (χ1n) is 6.17. The molecule has 0 spiro atoms. The van der Waals surface area contributed by atoms with Crippen LogP contribution in [0.15, 0.2) is 18.2 Å². The fourth-order valence-electron chi connectivity index (χ4n) is 2.02. The molecule has 1 aromatic rings. The van der Waals surface area contributed by atoms with Crippen molar-refractivity contribution >= 4 is 23.2 Å². The zero-order valence-electron chi connectivity index (χ0n) is 11.3. The van der Waals surface area contributed by atoms with E-state index in [0.29, 0.717) is 11.4 Å². The molecule has 0 saturated heterocycles. The Morgan fingerprint density at radius 3 is 2.62 bits per heavy atom. The fraction of sp³-hybridized carbons (Fsp3) is 0.385. The molecule has 8 heteroatoms. The molecule has 1 aliphatic heterocycles. The van der Waals surface area contributed by atoms with Crippen LogP contribution in [0.2, 0.25) is 0 Å². The summed E-state index contributed by atoms with van der Waals surface area (Å²) < 4.78 is 41.9. The van der Waals surface area contributed by atoms with E-state index in [0.717, 1.165) is 0 Å². The number of fused-ring (bicyclic) bond motifs is 1. The summed E-state index contributed by atoms with van der Waals surface area (Å²) in [6.07, 6.45) is -4.97. The van der Waals surface area contributed by atoms with E-state index in [1.807, 2.05) is 0 Å². The van der Waals surface area contributed by atoms with Crippen LogP contribution in [-0.2, 0) is 9.59 Å². The lowest BCUT2D eigenvalue weighted by molar-refractivity contribution is -0.167. The molecule has 0 fully saturated rings. The van der Waals surface area contributed by atoms with Crippen molar-refractivity contribution in [2.75, 3.05) is 16.8 Å². The molecular weight excluding hydrogens is 289 g/mol. The predicted octanol–water partition coefficient (Wildman–Crippen LogP) is 2.32. The van der Waals surface area contributed by atoms with Crippen molar-refractivity contribution in [3.8, 4) is 5.75 Å². The van der Waals surface area contributed by atoms with Crippen molar-refractivity contribution in [1.82, 2.24) is 0 Å². The average Bonchev–Trinajstić information content (AvgIpc) is 2.36. The first kappa shape index (κ1) is 15.1. The highest BCUT2D eigenvalue weighted by Gasteiger charge is 2.39. The topological polar surface area (TPSA) is 58.6 Å². The molecule has 0 unspecified atom stereocenters. The minimum atomic E-state index is -4.97. The Labute approximate surface area is 118 Å². The van der Waals surface area contributed by atoms with Gasteiger partial charge in [0.05, 0.1) is 5.69 Å². The minimum absolute atomic E-state index is 0.0555. The van der Waals surface area contributed by atoms with Gasteiger partial charge >= 0.3 is 12.1 Å². The third-order valence-electron chi connectivity index (χ3n) is 2.87. The number of hydrogen-bond acceptors (Lipinski definition) is 3. The molecule has 2 amide bonds. The van der Waals surface area contributed by atoms with Crippen LogP contribution in [0, 0.1) is 0 Å². The fourth-order valence-corrected chi connectivity index (χ4v) is 2.02. The third kappa shape index (κ3) is 3.09. The van der Waals surface area contributed by atoms with Gasteiger partial charge in [-0.2, -0.15) is 13.2 Å². The average molecular weight is 302 g/mol. The lowest BCUT2D eigenvalue weighted by Gasteiger charge is -2.32. The maximum absolute atomic E-state index is 12.2. The van der Waals surface area contributed by atoms with Gasteiger partial charge in [0.25, 0.3) is 5.91 Å². The second-order valence-corrected chi connectivity index (χ2v) is 4.78. The largest absolute Gasteiger partial charge is 0.482 e. The van der Waals surface area contributed by atoms with Gasteiger partial charge in [0, 0.05) is 11.7 Å². The van der Waals surface area contributed by atoms with E-state index in [1.165, 1.54) is 23.1 Å². The number of rotatable bonds is 2. The molecule has 114 valence electrons. The highest BCUT2D eigenvalue weighted by molar-refractivity contribution is 6.00. The molecule has 21 heavy (non-hydrogen) atoms. The standard InChI is InChI=1S/C13H13F3N2O3/c1-7(2)18-9-5-8(17-12(20)13(14,15)16)3-4-10(9)21-6-11(18)19/h3-5,7H,6H2,1-2H3,(H,17,20). The smallest absolute Gasteiger partial charge is 0.471 e. The predicted molar refractivity (Wildman–Crippen MR) is 69.2 cm³/mol. The highest BCUT2D eigenvalue weighted by Crippen LogP contribution is 2.36. The van der Waals surface area contributed by atoms with E-state index in [-0.39, 0.29) is 24.2 Å². The van der Waals surface area contributed by atoms with Gasteiger partial charge in [-0.15, -0.1) is 0 Å². The molecular formula is C13H13F3N2O3. The number of halogens is 3. The molecule has 5 nitrogen and oxygen atoms in total. The maximum Gasteiger partial charge on any atom is 0.471 e. The Morgan fingerprint density at radius 1 is 1.38 bits per heavy atom. The summed E-state index contributed by atoms with van der Waals surface area (Å²) in [6.45, 7) is 3.42. The van der Waals surface area contributed by atoms with Gasteiger partial charge in [0.2, 0.25) is 0 Å². The van der Waals surface area contributed by atoms with E-state index in [2.05, 4.69) is 0 Å². The van der Waals surface area contributed by atoms with Crippen molar-refractivity contribution in [2.24, 2.45) is 0 Å². The molecule has 1 heterocycles. The van der Waals surface area contributed by atoms with Crippen LogP contribution < -0.4 is 15.0 Å². The van der Waals surface area contributed by atoms with Crippen molar-refractivity contribution < 1.29 is 27.5 Å². The zero-order valence-corrected chi connectivity index (χ0v) is 11.3. The lowest BCUT2D eigenvalue weighted by Crippen LogP contribution is -2.43. The van der Waals surface area contributed by atoms with Gasteiger partial charge in [-0.3, -0.25) is 9.59 Å². The van der Waals surface area contributed by atoms with Crippen LogP contribution in [-0.4, -0.2) is 30.6 Å². The van der Waals surface area contributed by atoms with Crippen LogP contribution in [0.1, 0.15) is 13.8 Å². The summed E-state index contributed by atoms with van der Waals surface area (Å²) >= 11 is 0. The van der Waals surface area contributed by atoms with E-state index < -0.39 is 12.1 Å². The molecule has 0 atom stereocenters. The first-order valence-corrected chi connectivity index (χ1v) is 6.17. The minimum Gasteiger partial charge on any atom is -0.482 e. The number of hydrogen-bond donors (Lipinski definition) is 1. The van der Waals surface area contributed by atoms with E-state index in [4.69, 9.17) is 4.74 Å². The molecule has 0 aliphatic carbocycles. The van der Waals surface area contributed by atoms with Crippen LogP contribution in [0.3, 0.4) is 0 Å². The number of ether oxygens (including phenoxy) is 1. The number of nitrogens with one attached hydrogen (secondary N) is 1. The van der Waals surface area contributed by atoms with Crippen LogP contribution in [0.25, 0.3) is 0 Å². The Kier molecular flexibility index (Phi) is 3.80. The zero-order chi connectivity index (χ0) is 15.8. The summed E-state index contributed by atoms with van der Waals surface area (Å²) in [4.78, 5) is 24.2. The normalized spacial score (nSPS) is 14.8. The van der Waals surface area contributed by atoms with Gasteiger partial charge in [-0.1, -0.05) is 0 Å². The van der Waals surface area contributed by atoms with Crippen molar-refractivity contribution in [1.29, 1.82) is 0 Å². The monoisotopic (exact) mass is 302 g/mol. The van der Waals surface area contributed by atoms with Crippen LogP contribution in [0.4, 0.5) is 24.5 Å². The van der Waals surface area contributed by atoms with E-state index in [9.17, 15) is 22.8 Å². The van der Waals surface area contributed by atoms with Crippen molar-refractivity contribution in [3.63, 3.8) is 0 Å². The Hall–Kier alpha value is -2.25. The highest BCUT2D eigenvalue weighted by atomic mass is 19.4. The number of anilines is 2. The second-order valence-electron chi connectivity index (χ2n) is 4.78. The Morgan fingerprint density at radius 2 is 2.05 bits per heavy atom. The van der Waals surface area contributed by atoms with Gasteiger partial charge in [-0.25, -0.2) is 0 Å². The lowest BCUT2D eigenvalue weighted by atomic mass is 10.1. The van der Waals surface area contributed by atoms with Gasteiger partial charge in [0.1, 0.15) is 5.75 Å². The molecule has 2 rings (SSSR count). The summed E-state index contributed by atoms with van der Waals surface area (Å²) in [6, 6.07) is 3.81. The number of carbonyl (C=O) groups is 2. The van der Waals surface area contributed by atoms with Gasteiger partial charge < -0.3 is 15.0 Å². The first-order chi connectivity index (χ1) is 9.70. The SMILES string of the molecule is CC(C)N1C(=O)COc2ccc(NC(=O)C(F)(F)F)cc21. The summed E-state index contributed by atoms with van der Waals surface area (Å²) in [5.41, 5.74) is 0.279. The van der Waals surface area contributed by atoms with Gasteiger partial charge in [0.15, 0.2) is 6.61 Å². The molecule has 0 bridgehead atoms. The van der Waals surface area contributed by atoms with E-state index >= 15 is 0 Å². The van der Waals surface area contributed by atoms with Crippen molar-refractivity contribution in [2.45, 2.75) is 26.1 Å². The number of amides is 2. The molecule has 0 radical (unpaired) electrons. The molecule has 1 aliphatic rings.